The second kappa shape index (κ2) is 7.17. The summed E-state index contributed by atoms with van der Waals surface area (Å²) >= 11 is 5.97. The molecule has 0 saturated heterocycles. The van der Waals surface area contributed by atoms with Crippen LogP contribution in [0.25, 0.3) is 0 Å². The van der Waals surface area contributed by atoms with Crippen molar-refractivity contribution in [1.29, 1.82) is 0 Å². The molecule has 0 radical (unpaired) electrons. The topological polar surface area (TPSA) is 43.4 Å². The molecule has 0 aliphatic heterocycles. The summed E-state index contributed by atoms with van der Waals surface area (Å²) in [6.07, 6.45) is 2.13. The van der Waals surface area contributed by atoms with Crippen LogP contribution in [0.1, 0.15) is 41.6 Å². The van der Waals surface area contributed by atoms with Crippen LogP contribution >= 0.6 is 11.6 Å². The molecule has 0 saturated carbocycles. The van der Waals surface area contributed by atoms with Gasteiger partial charge in [0, 0.05) is 23.4 Å². The molecule has 0 amide bonds. The Kier molecular flexibility index (Phi) is 5.86. The summed E-state index contributed by atoms with van der Waals surface area (Å²) in [7, 11) is 1.36. The van der Waals surface area contributed by atoms with Gasteiger partial charge >= 0.3 is 5.97 Å². The number of hydrogen-bond acceptors (Lipinski definition) is 3. The van der Waals surface area contributed by atoms with Crippen LogP contribution in [0.3, 0.4) is 0 Å². The Morgan fingerprint density at radius 1 is 1.22 bits per heavy atom. The average molecular weight is 269 g/mol. The highest BCUT2D eigenvalue weighted by molar-refractivity contribution is 6.31. The first-order chi connectivity index (χ1) is 8.56. The fourth-order valence-electron chi connectivity index (χ4n) is 1.70. The second-order valence-corrected chi connectivity index (χ2v) is 4.53. The molecule has 0 heterocycles. The van der Waals surface area contributed by atoms with E-state index in [9.17, 15) is 9.59 Å². The zero-order valence-electron chi connectivity index (χ0n) is 10.7. The molecule has 0 spiro atoms. The number of benzene rings is 1. The third-order valence-electron chi connectivity index (χ3n) is 2.83. The summed E-state index contributed by atoms with van der Waals surface area (Å²) in [5.74, 6) is -0.166. The Morgan fingerprint density at radius 2 is 1.89 bits per heavy atom. The van der Waals surface area contributed by atoms with Gasteiger partial charge in [0.2, 0.25) is 0 Å². The summed E-state index contributed by atoms with van der Waals surface area (Å²) in [6.45, 7) is 1.84. The van der Waals surface area contributed by atoms with E-state index in [0.29, 0.717) is 36.3 Å². The predicted molar refractivity (Wildman–Crippen MR) is 71.0 cm³/mol. The van der Waals surface area contributed by atoms with Crippen LogP contribution in [0.15, 0.2) is 18.2 Å². The molecule has 0 aliphatic carbocycles. The number of ketones is 1. The standard InChI is InChI=1S/C14H17ClO3/c1-10-11(6-5-7-12(10)15)13(16)8-3-4-9-14(17)18-2/h5-7H,3-4,8-9H2,1-2H3. The molecule has 0 bridgehead atoms. The van der Waals surface area contributed by atoms with Crippen LogP contribution in [-0.2, 0) is 9.53 Å². The molecule has 4 heteroatoms. The maximum atomic E-state index is 12.0. The van der Waals surface area contributed by atoms with Gasteiger partial charge in [0.25, 0.3) is 0 Å². The monoisotopic (exact) mass is 268 g/mol. The van der Waals surface area contributed by atoms with Crippen molar-refractivity contribution in [2.45, 2.75) is 32.6 Å². The summed E-state index contributed by atoms with van der Waals surface area (Å²) in [4.78, 5) is 22.9. The normalized spacial score (nSPS) is 10.2. The van der Waals surface area contributed by atoms with Gasteiger partial charge in [-0.3, -0.25) is 9.59 Å². The van der Waals surface area contributed by atoms with E-state index in [4.69, 9.17) is 11.6 Å². The number of Topliss-reactive ketones (excluding diaryl/α,β-unsaturated/α-hetero) is 1. The van der Waals surface area contributed by atoms with Gasteiger partial charge in [-0.05, 0) is 31.4 Å². The van der Waals surface area contributed by atoms with Crippen LogP contribution in [0, 0.1) is 6.92 Å². The van der Waals surface area contributed by atoms with Gasteiger partial charge in [0.1, 0.15) is 0 Å². The van der Waals surface area contributed by atoms with Crippen molar-refractivity contribution in [2.75, 3.05) is 7.11 Å². The Bertz CT molecular complexity index is 441. The molecule has 0 fully saturated rings. The first-order valence-corrected chi connectivity index (χ1v) is 6.29. The average Bonchev–Trinajstić information content (AvgIpc) is 2.37. The summed E-state index contributed by atoms with van der Waals surface area (Å²) in [5.41, 5.74) is 1.48. The second-order valence-electron chi connectivity index (χ2n) is 4.12. The zero-order chi connectivity index (χ0) is 13.5. The fourth-order valence-corrected chi connectivity index (χ4v) is 1.88. The lowest BCUT2D eigenvalue weighted by Crippen LogP contribution is -2.04. The maximum absolute atomic E-state index is 12.0. The van der Waals surface area contributed by atoms with E-state index in [2.05, 4.69) is 4.74 Å². The van der Waals surface area contributed by atoms with E-state index in [-0.39, 0.29) is 11.8 Å². The SMILES string of the molecule is COC(=O)CCCCC(=O)c1cccc(Cl)c1C. The third kappa shape index (κ3) is 4.15. The zero-order valence-corrected chi connectivity index (χ0v) is 11.4. The van der Waals surface area contributed by atoms with Gasteiger partial charge < -0.3 is 4.74 Å². The predicted octanol–water partition coefficient (Wildman–Crippen LogP) is 3.56. The van der Waals surface area contributed by atoms with Crippen molar-refractivity contribution in [1.82, 2.24) is 0 Å². The summed E-state index contributed by atoms with van der Waals surface area (Å²) in [5, 5.41) is 0.607. The Morgan fingerprint density at radius 3 is 2.56 bits per heavy atom. The number of rotatable bonds is 6. The smallest absolute Gasteiger partial charge is 0.305 e. The van der Waals surface area contributed by atoms with Crippen molar-refractivity contribution in [3.05, 3.63) is 34.3 Å². The third-order valence-corrected chi connectivity index (χ3v) is 3.24. The molecule has 0 aromatic heterocycles. The van der Waals surface area contributed by atoms with Crippen molar-refractivity contribution < 1.29 is 14.3 Å². The molecular weight excluding hydrogens is 252 g/mol. The Labute approximate surface area is 112 Å². The quantitative estimate of drug-likeness (QED) is 0.450. The van der Waals surface area contributed by atoms with Crippen LogP contribution in [0.2, 0.25) is 5.02 Å². The van der Waals surface area contributed by atoms with E-state index in [1.54, 1.807) is 18.2 Å². The lowest BCUT2D eigenvalue weighted by Gasteiger charge is -2.06. The van der Waals surface area contributed by atoms with E-state index in [0.717, 1.165) is 5.56 Å². The molecule has 98 valence electrons. The minimum absolute atomic E-state index is 0.0693. The number of hydrogen-bond donors (Lipinski definition) is 0. The molecule has 1 aromatic carbocycles. The highest BCUT2D eigenvalue weighted by atomic mass is 35.5. The molecular formula is C14H17ClO3. The molecule has 0 atom stereocenters. The number of ether oxygens (including phenoxy) is 1. The van der Waals surface area contributed by atoms with Gasteiger partial charge in [-0.2, -0.15) is 0 Å². The molecule has 0 N–H and O–H groups in total. The van der Waals surface area contributed by atoms with Crippen molar-refractivity contribution in [3.8, 4) is 0 Å². The molecule has 0 aliphatic rings. The number of carbonyl (C=O) groups excluding carboxylic acids is 2. The van der Waals surface area contributed by atoms with Gasteiger partial charge in [0.15, 0.2) is 5.78 Å². The van der Waals surface area contributed by atoms with Gasteiger partial charge in [0.05, 0.1) is 7.11 Å². The summed E-state index contributed by atoms with van der Waals surface area (Å²) in [6, 6.07) is 5.33. The van der Waals surface area contributed by atoms with E-state index < -0.39 is 0 Å². The highest BCUT2D eigenvalue weighted by Gasteiger charge is 2.11. The molecule has 3 nitrogen and oxygen atoms in total. The molecule has 0 unspecified atom stereocenters. The number of halogens is 1. The number of carbonyl (C=O) groups is 2. The van der Waals surface area contributed by atoms with Crippen molar-refractivity contribution in [3.63, 3.8) is 0 Å². The number of esters is 1. The van der Waals surface area contributed by atoms with Crippen LogP contribution in [0.4, 0.5) is 0 Å². The lowest BCUT2D eigenvalue weighted by atomic mass is 10.0. The minimum Gasteiger partial charge on any atom is -0.469 e. The van der Waals surface area contributed by atoms with Gasteiger partial charge in [-0.25, -0.2) is 0 Å². The van der Waals surface area contributed by atoms with Crippen LogP contribution in [0.5, 0.6) is 0 Å². The largest absolute Gasteiger partial charge is 0.469 e. The first kappa shape index (κ1) is 14.7. The van der Waals surface area contributed by atoms with E-state index >= 15 is 0 Å². The highest BCUT2D eigenvalue weighted by Crippen LogP contribution is 2.20. The number of unbranched alkanes of at least 4 members (excludes halogenated alkanes) is 1. The Hall–Kier alpha value is -1.35. The van der Waals surface area contributed by atoms with Crippen LogP contribution in [-0.4, -0.2) is 18.9 Å². The van der Waals surface area contributed by atoms with Crippen LogP contribution < -0.4 is 0 Å². The minimum atomic E-state index is -0.235. The summed E-state index contributed by atoms with van der Waals surface area (Å²) < 4.78 is 4.54. The molecule has 18 heavy (non-hydrogen) atoms. The number of methoxy groups -OCH3 is 1. The molecule has 1 rings (SSSR count). The van der Waals surface area contributed by atoms with Crippen molar-refractivity contribution in [2.24, 2.45) is 0 Å². The maximum Gasteiger partial charge on any atom is 0.305 e. The van der Waals surface area contributed by atoms with E-state index in [1.165, 1.54) is 7.11 Å². The van der Waals surface area contributed by atoms with Gasteiger partial charge in [-0.1, -0.05) is 23.7 Å². The van der Waals surface area contributed by atoms with Crippen molar-refractivity contribution >= 4 is 23.4 Å². The Balaban J connectivity index is 2.46. The lowest BCUT2D eigenvalue weighted by molar-refractivity contribution is -0.140. The van der Waals surface area contributed by atoms with Gasteiger partial charge in [-0.15, -0.1) is 0 Å². The fraction of sp³-hybridized carbons (Fsp3) is 0.429. The molecule has 1 aromatic rings. The van der Waals surface area contributed by atoms with E-state index in [1.807, 2.05) is 6.92 Å². The first-order valence-electron chi connectivity index (χ1n) is 5.91.